The van der Waals surface area contributed by atoms with Gasteiger partial charge >= 0.3 is 0 Å². The quantitative estimate of drug-likeness (QED) is 0.397. The lowest BCUT2D eigenvalue weighted by atomic mass is 10.1. The zero-order valence-electron chi connectivity index (χ0n) is 20.0. The highest BCUT2D eigenvalue weighted by molar-refractivity contribution is 7.90. The first kappa shape index (κ1) is 25.8. The number of imidazole rings is 1. The Labute approximate surface area is 206 Å². The van der Waals surface area contributed by atoms with E-state index < -0.39 is 15.9 Å². The number of hydrogen-bond acceptors (Lipinski definition) is 5. The van der Waals surface area contributed by atoms with Crippen LogP contribution in [0.25, 0.3) is 0 Å². The molecule has 0 radical (unpaired) electrons. The smallest absolute Gasteiger partial charge is 0.285 e. The fourth-order valence-corrected chi connectivity index (χ4v) is 4.74. The fourth-order valence-electron chi connectivity index (χ4n) is 3.54. The van der Waals surface area contributed by atoms with Crippen LogP contribution in [0.1, 0.15) is 53.6 Å². The SMILES string of the molecule is CCCCCN(C)c1ccc(Cn2cc(C(=O)NS(=O)(=O)c3ccc(C)cc3)nc2C)c(Cl)c1. The van der Waals surface area contributed by atoms with E-state index in [4.69, 9.17) is 11.6 Å². The van der Waals surface area contributed by atoms with Gasteiger partial charge in [0.15, 0.2) is 0 Å². The van der Waals surface area contributed by atoms with Crippen molar-refractivity contribution in [2.24, 2.45) is 0 Å². The van der Waals surface area contributed by atoms with Crippen LogP contribution in [0.3, 0.4) is 0 Å². The minimum absolute atomic E-state index is 0.0224. The molecule has 1 heterocycles. The summed E-state index contributed by atoms with van der Waals surface area (Å²) in [6, 6.07) is 12.2. The third-order valence-electron chi connectivity index (χ3n) is 5.68. The molecule has 0 atom stereocenters. The van der Waals surface area contributed by atoms with Gasteiger partial charge in [-0.05, 0) is 50.1 Å². The predicted octanol–water partition coefficient (Wildman–Crippen LogP) is 4.95. The molecule has 0 aliphatic heterocycles. The van der Waals surface area contributed by atoms with E-state index in [1.165, 1.54) is 31.2 Å². The van der Waals surface area contributed by atoms with Crippen molar-refractivity contribution in [3.63, 3.8) is 0 Å². The van der Waals surface area contributed by atoms with Crippen molar-refractivity contribution in [3.8, 4) is 0 Å². The van der Waals surface area contributed by atoms with E-state index in [9.17, 15) is 13.2 Å². The number of benzene rings is 2. The molecule has 1 N–H and O–H groups in total. The summed E-state index contributed by atoms with van der Waals surface area (Å²) in [5, 5.41) is 0.626. The Morgan fingerprint density at radius 3 is 2.47 bits per heavy atom. The molecule has 0 unspecified atom stereocenters. The Bertz CT molecular complexity index is 1250. The Hall–Kier alpha value is -2.84. The van der Waals surface area contributed by atoms with Gasteiger partial charge in [0.25, 0.3) is 15.9 Å². The van der Waals surface area contributed by atoms with E-state index in [1.54, 1.807) is 23.6 Å². The summed E-state index contributed by atoms with van der Waals surface area (Å²) in [6.45, 7) is 7.18. The average Bonchev–Trinajstić information content (AvgIpc) is 3.15. The molecule has 0 aliphatic rings. The molecule has 1 amide bonds. The molecule has 0 fully saturated rings. The molecule has 182 valence electrons. The number of carbonyl (C=O) groups excluding carboxylic acids is 1. The van der Waals surface area contributed by atoms with Crippen LogP contribution in [0.4, 0.5) is 5.69 Å². The van der Waals surface area contributed by atoms with Crippen molar-refractivity contribution in [3.05, 3.63) is 76.3 Å². The van der Waals surface area contributed by atoms with Gasteiger partial charge in [-0.3, -0.25) is 4.79 Å². The van der Waals surface area contributed by atoms with Crippen LogP contribution in [0.2, 0.25) is 5.02 Å². The monoisotopic (exact) mass is 502 g/mol. The van der Waals surface area contributed by atoms with Crippen LogP contribution in [0, 0.1) is 13.8 Å². The molecule has 1 aromatic heterocycles. The predicted molar refractivity (Wildman–Crippen MR) is 136 cm³/mol. The second-order valence-corrected chi connectivity index (χ2v) is 10.5. The lowest BCUT2D eigenvalue weighted by Gasteiger charge is -2.20. The Morgan fingerprint density at radius 1 is 1.12 bits per heavy atom. The van der Waals surface area contributed by atoms with Crippen LogP contribution < -0.4 is 9.62 Å². The molecule has 0 bridgehead atoms. The van der Waals surface area contributed by atoms with Gasteiger partial charge in [-0.2, -0.15) is 0 Å². The first-order valence-corrected chi connectivity index (χ1v) is 13.1. The van der Waals surface area contributed by atoms with Crippen LogP contribution in [-0.2, 0) is 16.6 Å². The minimum atomic E-state index is -3.99. The fraction of sp³-hybridized carbons (Fsp3) is 0.360. The number of halogens is 1. The molecule has 0 saturated heterocycles. The maximum Gasteiger partial charge on any atom is 0.285 e. The van der Waals surface area contributed by atoms with Crippen molar-refractivity contribution in [1.29, 1.82) is 0 Å². The molecule has 2 aromatic carbocycles. The number of aryl methyl sites for hydroxylation is 2. The number of carbonyl (C=O) groups is 1. The van der Waals surface area contributed by atoms with Crippen molar-refractivity contribution in [2.45, 2.75) is 51.5 Å². The minimum Gasteiger partial charge on any atom is -0.375 e. The van der Waals surface area contributed by atoms with Gasteiger partial charge in [0.05, 0.1) is 11.4 Å². The Morgan fingerprint density at radius 2 is 1.82 bits per heavy atom. The zero-order chi connectivity index (χ0) is 24.9. The van der Waals surface area contributed by atoms with Crippen LogP contribution in [0.5, 0.6) is 0 Å². The summed E-state index contributed by atoms with van der Waals surface area (Å²) < 4.78 is 28.9. The maximum atomic E-state index is 12.6. The van der Waals surface area contributed by atoms with E-state index in [1.807, 2.05) is 25.1 Å². The van der Waals surface area contributed by atoms with Gasteiger partial charge in [-0.15, -0.1) is 0 Å². The number of nitrogens with zero attached hydrogens (tertiary/aromatic N) is 3. The highest BCUT2D eigenvalue weighted by atomic mass is 35.5. The number of hydrogen-bond donors (Lipinski definition) is 1. The van der Waals surface area contributed by atoms with Crippen LogP contribution >= 0.6 is 11.6 Å². The molecular weight excluding hydrogens is 472 g/mol. The standard InChI is InChI=1S/C25H31ClN4O3S/c1-5-6-7-14-29(4)21-11-10-20(23(26)15-21)16-30-17-24(27-19(30)3)25(31)28-34(32,33)22-12-8-18(2)9-13-22/h8-13,15,17H,5-7,14,16H2,1-4H3,(H,28,31). The second kappa shape index (κ2) is 11.1. The highest BCUT2D eigenvalue weighted by Crippen LogP contribution is 2.25. The van der Waals surface area contributed by atoms with Crippen molar-refractivity contribution >= 4 is 33.2 Å². The number of nitrogens with one attached hydrogen (secondary N) is 1. The van der Waals surface area contributed by atoms with Crippen molar-refractivity contribution in [1.82, 2.24) is 14.3 Å². The highest BCUT2D eigenvalue weighted by Gasteiger charge is 2.21. The van der Waals surface area contributed by atoms with Gasteiger partial charge in [-0.25, -0.2) is 18.1 Å². The molecule has 3 rings (SSSR count). The molecule has 3 aromatic rings. The lowest BCUT2D eigenvalue weighted by molar-refractivity contribution is 0.0977. The summed E-state index contributed by atoms with van der Waals surface area (Å²) in [7, 11) is -1.94. The van der Waals surface area contributed by atoms with Crippen molar-refractivity contribution in [2.75, 3.05) is 18.5 Å². The first-order valence-electron chi connectivity index (χ1n) is 11.3. The Kier molecular flexibility index (Phi) is 8.38. The molecule has 34 heavy (non-hydrogen) atoms. The number of sulfonamides is 1. The summed E-state index contributed by atoms with van der Waals surface area (Å²) in [5.41, 5.74) is 2.88. The third kappa shape index (κ3) is 6.39. The summed E-state index contributed by atoms with van der Waals surface area (Å²) >= 11 is 6.55. The summed E-state index contributed by atoms with van der Waals surface area (Å²) in [6.07, 6.45) is 5.04. The molecule has 0 aliphatic carbocycles. The zero-order valence-corrected chi connectivity index (χ0v) is 21.6. The van der Waals surface area contributed by atoms with E-state index in [0.717, 1.165) is 29.8 Å². The van der Waals surface area contributed by atoms with Gasteiger partial charge in [-0.1, -0.05) is 55.1 Å². The molecule has 0 spiro atoms. The number of aromatic nitrogens is 2. The first-order chi connectivity index (χ1) is 16.1. The average molecular weight is 503 g/mol. The number of anilines is 1. The second-order valence-electron chi connectivity index (χ2n) is 8.45. The van der Waals surface area contributed by atoms with Gasteiger partial charge in [0.2, 0.25) is 0 Å². The number of unbranched alkanes of at least 4 members (excludes halogenated alkanes) is 2. The van der Waals surface area contributed by atoms with E-state index in [-0.39, 0.29) is 10.6 Å². The van der Waals surface area contributed by atoms with E-state index in [0.29, 0.717) is 17.4 Å². The normalized spacial score (nSPS) is 11.4. The van der Waals surface area contributed by atoms with Crippen LogP contribution in [-0.4, -0.2) is 37.5 Å². The van der Waals surface area contributed by atoms with Crippen molar-refractivity contribution < 1.29 is 13.2 Å². The van der Waals surface area contributed by atoms with Gasteiger partial charge < -0.3 is 9.47 Å². The largest absolute Gasteiger partial charge is 0.375 e. The third-order valence-corrected chi connectivity index (χ3v) is 7.38. The number of rotatable bonds is 10. The van der Waals surface area contributed by atoms with E-state index >= 15 is 0 Å². The maximum absolute atomic E-state index is 12.6. The van der Waals surface area contributed by atoms with Gasteiger partial charge in [0.1, 0.15) is 11.5 Å². The van der Waals surface area contributed by atoms with Gasteiger partial charge in [0, 0.05) is 30.5 Å². The van der Waals surface area contributed by atoms with E-state index in [2.05, 4.69) is 28.6 Å². The molecule has 0 saturated carbocycles. The molecule has 9 heteroatoms. The summed E-state index contributed by atoms with van der Waals surface area (Å²) in [5.74, 6) is -0.202. The Balaban J connectivity index is 1.71. The summed E-state index contributed by atoms with van der Waals surface area (Å²) in [4.78, 5) is 19.1. The molecule has 7 nitrogen and oxygen atoms in total. The van der Waals surface area contributed by atoms with Crippen LogP contribution in [0.15, 0.2) is 53.6 Å². The topological polar surface area (TPSA) is 84.3 Å². The lowest BCUT2D eigenvalue weighted by Crippen LogP contribution is -2.30. The number of amides is 1. The molecular formula is C25H31ClN4O3S.